The van der Waals surface area contributed by atoms with Gasteiger partial charge in [-0.05, 0) is 42.3 Å². The van der Waals surface area contributed by atoms with Crippen LogP contribution in [0.2, 0.25) is 0 Å². The second-order valence-electron chi connectivity index (χ2n) is 6.70. The van der Waals surface area contributed by atoms with Gasteiger partial charge in [0.2, 0.25) is 11.7 Å². The van der Waals surface area contributed by atoms with E-state index in [9.17, 15) is 19.9 Å². The predicted molar refractivity (Wildman–Crippen MR) is 97.5 cm³/mol. The Morgan fingerprint density at radius 1 is 1.21 bits per heavy atom. The number of aliphatic hydroxyl groups excluding tert-OH is 1. The number of anilines is 1. The number of rotatable bonds is 5. The molecule has 0 radical (unpaired) electrons. The molecule has 2 unspecified atom stereocenters. The minimum Gasteiger partial charge on any atom is -0.733 e. The van der Waals surface area contributed by atoms with Crippen molar-refractivity contribution in [2.45, 2.75) is 25.1 Å². The molecular formula is C19H18FN4O4-. The summed E-state index contributed by atoms with van der Waals surface area (Å²) in [6.07, 6.45) is -0.191. The number of hydrogen-bond acceptors (Lipinski definition) is 8. The van der Waals surface area contributed by atoms with Crippen LogP contribution in [0.4, 0.5) is 10.1 Å². The Bertz CT molecular complexity index is 947. The van der Waals surface area contributed by atoms with Gasteiger partial charge in [-0.3, -0.25) is 10.1 Å². The van der Waals surface area contributed by atoms with Gasteiger partial charge in [0, 0.05) is 18.7 Å². The Morgan fingerprint density at radius 2 is 1.96 bits per heavy atom. The van der Waals surface area contributed by atoms with Crippen LogP contribution in [0.5, 0.6) is 0 Å². The average molecular weight is 385 g/mol. The Kier molecular flexibility index (Phi) is 5.05. The molecule has 0 spiro atoms. The van der Waals surface area contributed by atoms with Crippen molar-refractivity contribution in [3.63, 3.8) is 0 Å². The molecule has 2 heterocycles. The third-order valence-electron chi connectivity index (χ3n) is 4.78. The first-order valence-electron chi connectivity index (χ1n) is 8.77. The van der Waals surface area contributed by atoms with E-state index in [4.69, 9.17) is 4.52 Å². The topological polar surface area (TPSA) is 109 Å². The van der Waals surface area contributed by atoms with Crippen LogP contribution in [0.15, 0.2) is 53.1 Å². The lowest BCUT2D eigenvalue weighted by Gasteiger charge is -2.27. The van der Waals surface area contributed by atoms with E-state index in [0.717, 1.165) is 0 Å². The van der Waals surface area contributed by atoms with Crippen molar-refractivity contribution in [3.05, 3.63) is 71.0 Å². The Hall–Kier alpha value is -2.85. The molecule has 9 heteroatoms. The highest BCUT2D eigenvalue weighted by Gasteiger charge is 2.36. The number of likely N-dealkylation sites (tertiary alicyclic amines) is 1. The van der Waals surface area contributed by atoms with Gasteiger partial charge in [-0.2, -0.15) is 4.98 Å². The van der Waals surface area contributed by atoms with Gasteiger partial charge in [0.25, 0.3) is 0 Å². The van der Waals surface area contributed by atoms with Crippen LogP contribution >= 0.6 is 0 Å². The summed E-state index contributed by atoms with van der Waals surface area (Å²) in [5.74, 6) is 0.307. The van der Waals surface area contributed by atoms with Gasteiger partial charge in [0.1, 0.15) is 5.82 Å². The lowest BCUT2D eigenvalue weighted by molar-refractivity contribution is 0.169. The molecule has 2 N–H and O–H groups in total. The number of hydrogen-bond donors (Lipinski definition) is 2. The monoisotopic (exact) mass is 385 g/mol. The number of halogens is 1. The molecule has 2 atom stereocenters. The Labute approximate surface area is 160 Å². The molecule has 1 aliphatic rings. The normalized spacial score (nSPS) is 19.9. The summed E-state index contributed by atoms with van der Waals surface area (Å²) in [6, 6.07) is 12.1. The molecule has 1 fully saturated rings. The molecule has 1 aliphatic heterocycles. The smallest absolute Gasteiger partial charge is 0.244 e. The van der Waals surface area contributed by atoms with Crippen LogP contribution in [0.1, 0.15) is 23.9 Å². The summed E-state index contributed by atoms with van der Waals surface area (Å²) in [5.41, 5.74) is 1.37. The Balaban J connectivity index is 1.58. The summed E-state index contributed by atoms with van der Waals surface area (Å²) in [5, 5.41) is 34.6. The largest absolute Gasteiger partial charge is 0.733 e. The zero-order valence-electron chi connectivity index (χ0n) is 14.8. The first-order valence-corrected chi connectivity index (χ1v) is 8.77. The van der Waals surface area contributed by atoms with Crippen molar-refractivity contribution < 1.29 is 19.2 Å². The van der Waals surface area contributed by atoms with Gasteiger partial charge in [0.05, 0.1) is 17.8 Å². The van der Waals surface area contributed by atoms with E-state index in [1.54, 1.807) is 30.3 Å². The number of benzene rings is 2. The summed E-state index contributed by atoms with van der Waals surface area (Å²) < 4.78 is 18.5. The van der Waals surface area contributed by atoms with E-state index in [0.29, 0.717) is 42.4 Å². The second kappa shape index (κ2) is 7.64. The Morgan fingerprint density at radius 3 is 2.71 bits per heavy atom. The molecule has 4 rings (SSSR count). The fourth-order valence-corrected chi connectivity index (χ4v) is 3.45. The number of aliphatic hydroxyl groups is 1. The number of nitrogens with zero attached hydrogens (tertiary/aromatic N) is 4. The van der Waals surface area contributed by atoms with Gasteiger partial charge >= 0.3 is 0 Å². The van der Waals surface area contributed by atoms with Gasteiger partial charge in [-0.25, -0.2) is 4.39 Å². The molecule has 1 saturated heterocycles. The van der Waals surface area contributed by atoms with Crippen molar-refractivity contribution in [3.8, 4) is 11.4 Å². The maximum atomic E-state index is 13.1. The molecule has 28 heavy (non-hydrogen) atoms. The maximum absolute atomic E-state index is 13.1. The molecule has 0 saturated carbocycles. The highest BCUT2D eigenvalue weighted by molar-refractivity contribution is 5.54. The fourth-order valence-electron chi connectivity index (χ4n) is 3.45. The molecule has 1 aromatic heterocycles. The highest BCUT2D eigenvalue weighted by atomic mass is 19.1. The van der Waals surface area contributed by atoms with Crippen LogP contribution < -0.4 is 5.23 Å². The average Bonchev–Trinajstić information content (AvgIpc) is 3.29. The number of β-amino-alcohol motifs (C(OH)–C–C–N with tert-alkyl or cyclic N) is 1. The van der Waals surface area contributed by atoms with Gasteiger partial charge < -0.3 is 20.1 Å². The van der Waals surface area contributed by atoms with Gasteiger partial charge in [-0.15, -0.1) is 0 Å². The number of para-hydroxylation sites is 1. The van der Waals surface area contributed by atoms with E-state index in [-0.39, 0.29) is 22.8 Å². The minimum absolute atomic E-state index is 0.139. The molecule has 2 aromatic carbocycles. The van der Waals surface area contributed by atoms with Crippen molar-refractivity contribution in [1.29, 1.82) is 0 Å². The van der Waals surface area contributed by atoms with Crippen LogP contribution in [0.25, 0.3) is 11.4 Å². The summed E-state index contributed by atoms with van der Waals surface area (Å²) in [6.45, 7) is 0.670. The van der Waals surface area contributed by atoms with Crippen LogP contribution in [0.3, 0.4) is 0 Å². The third-order valence-corrected chi connectivity index (χ3v) is 4.78. The first kappa shape index (κ1) is 18.5. The SMILES string of the molecule is [O-]N(O)c1ccccc1CN1CC(O)CC1c1nc(-c2ccc(F)cc2)no1. The van der Waals surface area contributed by atoms with Gasteiger partial charge in [-0.1, -0.05) is 23.4 Å². The van der Waals surface area contributed by atoms with Crippen molar-refractivity contribution in [2.24, 2.45) is 0 Å². The quantitative estimate of drug-likeness (QED) is 0.646. The zero-order valence-corrected chi connectivity index (χ0v) is 14.8. The lowest BCUT2D eigenvalue weighted by atomic mass is 10.1. The molecule has 0 amide bonds. The van der Waals surface area contributed by atoms with Crippen LogP contribution in [-0.4, -0.2) is 38.0 Å². The van der Waals surface area contributed by atoms with Crippen molar-refractivity contribution >= 4 is 5.69 Å². The first-order chi connectivity index (χ1) is 13.5. The van der Waals surface area contributed by atoms with Crippen molar-refractivity contribution in [1.82, 2.24) is 15.0 Å². The van der Waals surface area contributed by atoms with Crippen molar-refractivity contribution in [2.75, 3.05) is 11.8 Å². The summed E-state index contributed by atoms with van der Waals surface area (Å²) >= 11 is 0. The fraction of sp³-hybridized carbons (Fsp3) is 0.263. The lowest BCUT2D eigenvalue weighted by Crippen LogP contribution is -2.25. The molecular weight excluding hydrogens is 367 g/mol. The van der Waals surface area contributed by atoms with Crippen LogP contribution in [0, 0.1) is 11.0 Å². The zero-order chi connectivity index (χ0) is 19.7. The van der Waals surface area contributed by atoms with E-state index in [1.807, 2.05) is 4.90 Å². The van der Waals surface area contributed by atoms with E-state index in [1.165, 1.54) is 18.2 Å². The molecule has 0 bridgehead atoms. The molecule has 146 valence electrons. The minimum atomic E-state index is -0.587. The van der Waals surface area contributed by atoms with E-state index >= 15 is 0 Å². The predicted octanol–water partition coefficient (Wildman–Crippen LogP) is 2.88. The number of aromatic nitrogens is 2. The maximum Gasteiger partial charge on any atom is 0.244 e. The molecule has 8 nitrogen and oxygen atoms in total. The highest BCUT2D eigenvalue weighted by Crippen LogP contribution is 2.34. The summed E-state index contributed by atoms with van der Waals surface area (Å²) in [4.78, 5) is 6.31. The molecule has 0 aliphatic carbocycles. The van der Waals surface area contributed by atoms with E-state index < -0.39 is 6.10 Å². The van der Waals surface area contributed by atoms with Crippen LogP contribution in [-0.2, 0) is 6.54 Å². The third kappa shape index (κ3) is 3.73. The molecule has 3 aromatic rings. The summed E-state index contributed by atoms with van der Waals surface area (Å²) in [7, 11) is 0. The second-order valence-corrected chi connectivity index (χ2v) is 6.70. The van der Waals surface area contributed by atoms with Gasteiger partial charge in [0.15, 0.2) is 0 Å². The van der Waals surface area contributed by atoms with E-state index in [2.05, 4.69) is 10.1 Å². The standard InChI is InChI=1S/C19H18FN4O4/c20-14-7-5-12(6-8-14)18-21-19(28-22-18)17-9-15(25)11-23(17)10-13-3-1-2-4-16(13)24(26)27/h1-8,15,17,25-26H,9-11H2/q-1.